The third-order valence-corrected chi connectivity index (χ3v) is 4.03. The van der Waals surface area contributed by atoms with Gasteiger partial charge in [-0.3, -0.25) is 4.98 Å². The first-order valence-corrected chi connectivity index (χ1v) is 7.54. The van der Waals surface area contributed by atoms with E-state index in [1.807, 2.05) is 12.4 Å². The number of anilines is 2. The van der Waals surface area contributed by atoms with Gasteiger partial charge in [0.2, 0.25) is 0 Å². The molecule has 2 rings (SSSR count). The zero-order chi connectivity index (χ0) is 13.7. The number of hydrogen-bond donors (Lipinski definition) is 2. The molecule has 0 radical (unpaired) electrons. The molecule has 0 atom stereocenters. The lowest BCUT2D eigenvalue weighted by Gasteiger charge is -2.35. The fourth-order valence-electron chi connectivity index (χ4n) is 2.66. The van der Waals surface area contributed by atoms with E-state index in [2.05, 4.69) is 42.5 Å². The summed E-state index contributed by atoms with van der Waals surface area (Å²) < 4.78 is 0. The highest BCUT2D eigenvalue weighted by Crippen LogP contribution is 2.36. The quantitative estimate of drug-likeness (QED) is 0.830. The molecule has 3 nitrogen and oxygen atoms in total. The molecular formula is C16H27N3. The van der Waals surface area contributed by atoms with Gasteiger partial charge in [-0.25, -0.2) is 0 Å². The van der Waals surface area contributed by atoms with Crippen LogP contribution in [0, 0.1) is 5.41 Å². The fourth-order valence-corrected chi connectivity index (χ4v) is 2.66. The third kappa shape index (κ3) is 4.41. The molecule has 3 heteroatoms. The minimum Gasteiger partial charge on any atom is -0.384 e. The van der Waals surface area contributed by atoms with E-state index in [-0.39, 0.29) is 0 Å². The highest BCUT2D eigenvalue weighted by molar-refractivity contribution is 5.54. The van der Waals surface area contributed by atoms with Crippen molar-refractivity contribution >= 4 is 11.4 Å². The van der Waals surface area contributed by atoms with Crippen LogP contribution in [0.4, 0.5) is 11.4 Å². The molecule has 0 spiro atoms. The van der Waals surface area contributed by atoms with Crippen LogP contribution in [-0.4, -0.2) is 17.6 Å². The molecule has 0 aromatic carbocycles. The molecule has 0 amide bonds. The molecule has 2 N–H and O–H groups in total. The van der Waals surface area contributed by atoms with Crippen molar-refractivity contribution in [3.8, 4) is 0 Å². The Morgan fingerprint density at radius 3 is 2.58 bits per heavy atom. The molecule has 1 aliphatic rings. The molecule has 0 bridgehead atoms. The number of pyridine rings is 1. The molecule has 19 heavy (non-hydrogen) atoms. The summed E-state index contributed by atoms with van der Waals surface area (Å²) in [5, 5.41) is 7.02. The van der Waals surface area contributed by atoms with Crippen LogP contribution in [0.5, 0.6) is 0 Å². The van der Waals surface area contributed by atoms with E-state index in [0.717, 1.165) is 24.3 Å². The summed E-state index contributed by atoms with van der Waals surface area (Å²) in [6.07, 6.45) is 10.1. The standard InChI is InChI=1S/C16H27N3/c1-4-9-18-14-10-15(12-17-11-14)19-13-5-7-16(2,3)8-6-13/h10-13,18-19H,4-9H2,1-3H3. The Morgan fingerprint density at radius 1 is 1.21 bits per heavy atom. The van der Waals surface area contributed by atoms with Gasteiger partial charge in [0.15, 0.2) is 0 Å². The second kappa shape index (κ2) is 6.27. The van der Waals surface area contributed by atoms with Crippen LogP contribution in [0.25, 0.3) is 0 Å². The highest BCUT2D eigenvalue weighted by Gasteiger charge is 2.26. The zero-order valence-corrected chi connectivity index (χ0v) is 12.5. The highest BCUT2D eigenvalue weighted by atomic mass is 15.0. The molecule has 0 unspecified atom stereocenters. The van der Waals surface area contributed by atoms with Crippen molar-refractivity contribution in [1.82, 2.24) is 4.98 Å². The maximum absolute atomic E-state index is 4.31. The number of nitrogens with zero attached hydrogens (tertiary/aromatic N) is 1. The van der Waals surface area contributed by atoms with Crippen LogP contribution in [0.1, 0.15) is 52.9 Å². The van der Waals surface area contributed by atoms with Gasteiger partial charge in [-0.05, 0) is 43.6 Å². The van der Waals surface area contributed by atoms with Crippen LogP contribution >= 0.6 is 0 Å². The molecule has 1 aliphatic carbocycles. The fraction of sp³-hybridized carbons (Fsp3) is 0.688. The van der Waals surface area contributed by atoms with E-state index in [4.69, 9.17) is 0 Å². The maximum atomic E-state index is 4.31. The lowest BCUT2D eigenvalue weighted by Crippen LogP contribution is -2.29. The van der Waals surface area contributed by atoms with Gasteiger partial charge in [0.1, 0.15) is 0 Å². The third-order valence-electron chi connectivity index (χ3n) is 4.03. The van der Waals surface area contributed by atoms with Gasteiger partial charge in [-0.2, -0.15) is 0 Å². The Balaban J connectivity index is 1.89. The summed E-state index contributed by atoms with van der Waals surface area (Å²) in [5.41, 5.74) is 2.79. The first kappa shape index (κ1) is 14.2. The Hall–Kier alpha value is -1.25. The summed E-state index contributed by atoms with van der Waals surface area (Å²) >= 11 is 0. The molecule has 1 fully saturated rings. The Morgan fingerprint density at radius 2 is 1.89 bits per heavy atom. The first-order chi connectivity index (χ1) is 9.09. The SMILES string of the molecule is CCCNc1cncc(NC2CCC(C)(C)CC2)c1. The molecule has 1 saturated carbocycles. The van der Waals surface area contributed by atoms with E-state index >= 15 is 0 Å². The van der Waals surface area contributed by atoms with E-state index < -0.39 is 0 Å². The predicted molar refractivity (Wildman–Crippen MR) is 82.7 cm³/mol. The normalized spacial score (nSPS) is 19.1. The lowest BCUT2D eigenvalue weighted by atomic mass is 9.75. The largest absolute Gasteiger partial charge is 0.384 e. The van der Waals surface area contributed by atoms with Crippen molar-refractivity contribution in [1.29, 1.82) is 0 Å². The van der Waals surface area contributed by atoms with Gasteiger partial charge in [0, 0.05) is 12.6 Å². The topological polar surface area (TPSA) is 37.0 Å². The molecular weight excluding hydrogens is 234 g/mol. The maximum Gasteiger partial charge on any atom is 0.0549 e. The molecule has 1 heterocycles. The van der Waals surface area contributed by atoms with Crippen molar-refractivity contribution in [2.75, 3.05) is 17.2 Å². The van der Waals surface area contributed by atoms with Crippen molar-refractivity contribution < 1.29 is 0 Å². The molecule has 0 aliphatic heterocycles. The van der Waals surface area contributed by atoms with E-state index in [1.54, 1.807) is 0 Å². The van der Waals surface area contributed by atoms with Crippen molar-refractivity contribution in [3.05, 3.63) is 18.5 Å². The number of aromatic nitrogens is 1. The van der Waals surface area contributed by atoms with Crippen molar-refractivity contribution in [3.63, 3.8) is 0 Å². The Labute approximate surface area is 117 Å². The van der Waals surface area contributed by atoms with Crippen LogP contribution < -0.4 is 10.6 Å². The van der Waals surface area contributed by atoms with Crippen molar-refractivity contribution in [2.45, 2.75) is 58.9 Å². The summed E-state index contributed by atoms with van der Waals surface area (Å²) in [4.78, 5) is 4.31. The van der Waals surface area contributed by atoms with E-state index in [1.165, 1.54) is 25.7 Å². The Kier molecular flexibility index (Phi) is 4.67. The van der Waals surface area contributed by atoms with Crippen LogP contribution in [0.2, 0.25) is 0 Å². The lowest BCUT2D eigenvalue weighted by molar-refractivity contribution is 0.232. The van der Waals surface area contributed by atoms with Gasteiger partial charge in [-0.15, -0.1) is 0 Å². The van der Waals surface area contributed by atoms with Gasteiger partial charge in [0.05, 0.1) is 23.8 Å². The minimum absolute atomic E-state index is 0.529. The zero-order valence-electron chi connectivity index (χ0n) is 12.5. The minimum atomic E-state index is 0.529. The average molecular weight is 261 g/mol. The van der Waals surface area contributed by atoms with Crippen LogP contribution in [-0.2, 0) is 0 Å². The van der Waals surface area contributed by atoms with Crippen LogP contribution in [0.3, 0.4) is 0 Å². The second-order valence-corrected chi connectivity index (χ2v) is 6.47. The second-order valence-electron chi connectivity index (χ2n) is 6.47. The van der Waals surface area contributed by atoms with Crippen LogP contribution in [0.15, 0.2) is 18.5 Å². The van der Waals surface area contributed by atoms with Gasteiger partial charge >= 0.3 is 0 Å². The van der Waals surface area contributed by atoms with Gasteiger partial charge in [-0.1, -0.05) is 20.8 Å². The molecule has 106 valence electrons. The summed E-state index contributed by atoms with van der Waals surface area (Å²) in [6, 6.07) is 2.78. The molecule has 0 saturated heterocycles. The molecule has 1 aromatic rings. The Bertz CT molecular complexity index is 391. The number of nitrogens with one attached hydrogen (secondary N) is 2. The summed E-state index contributed by atoms with van der Waals surface area (Å²) in [6.45, 7) is 7.93. The van der Waals surface area contributed by atoms with E-state index in [9.17, 15) is 0 Å². The van der Waals surface area contributed by atoms with Crippen molar-refractivity contribution in [2.24, 2.45) is 5.41 Å². The molecule has 1 aromatic heterocycles. The number of rotatable bonds is 5. The average Bonchev–Trinajstić information content (AvgIpc) is 2.39. The van der Waals surface area contributed by atoms with Gasteiger partial charge < -0.3 is 10.6 Å². The predicted octanol–water partition coefficient (Wildman–Crippen LogP) is 4.28. The number of hydrogen-bond acceptors (Lipinski definition) is 3. The monoisotopic (exact) mass is 261 g/mol. The van der Waals surface area contributed by atoms with Gasteiger partial charge in [0.25, 0.3) is 0 Å². The summed E-state index contributed by atoms with van der Waals surface area (Å²) in [5.74, 6) is 0. The summed E-state index contributed by atoms with van der Waals surface area (Å²) in [7, 11) is 0. The first-order valence-electron chi connectivity index (χ1n) is 7.54. The van der Waals surface area contributed by atoms with E-state index in [0.29, 0.717) is 11.5 Å². The smallest absolute Gasteiger partial charge is 0.0549 e.